The largest absolute Gasteiger partial charge is 0.481 e. The fraction of sp³-hybridized carbons (Fsp3) is 0.667. The maximum Gasteiger partial charge on any atom is 0.407 e. The molecule has 0 heterocycles. The summed E-state index contributed by atoms with van der Waals surface area (Å²) >= 11 is 0. The van der Waals surface area contributed by atoms with Crippen molar-refractivity contribution >= 4 is 12.1 Å². The molecule has 0 aliphatic heterocycles. The maximum atomic E-state index is 11.3. The van der Waals surface area contributed by atoms with E-state index in [-0.39, 0.29) is 12.5 Å². The minimum atomic E-state index is -0.964. The van der Waals surface area contributed by atoms with Gasteiger partial charge in [-0.3, -0.25) is 4.79 Å². The molecule has 17 heavy (non-hydrogen) atoms. The molecular formula is C12H21NO4. The number of carboxylic acids is 1. The molecule has 2 N–H and O–H groups in total. The number of aliphatic carboxylic acids is 1. The molecule has 1 amide bonds. The number of rotatable bonds is 5. The van der Waals surface area contributed by atoms with Crippen molar-refractivity contribution in [2.45, 2.75) is 33.3 Å². The molecule has 0 radical (unpaired) electrons. The quantitative estimate of drug-likeness (QED) is 0.724. The van der Waals surface area contributed by atoms with Gasteiger partial charge in [0, 0.05) is 6.54 Å². The van der Waals surface area contributed by atoms with Gasteiger partial charge in [-0.2, -0.15) is 0 Å². The molecule has 0 aliphatic rings. The topological polar surface area (TPSA) is 75.6 Å². The van der Waals surface area contributed by atoms with Gasteiger partial charge in [0.05, 0.1) is 5.92 Å². The Kier molecular flexibility index (Phi) is 5.71. The highest BCUT2D eigenvalue weighted by molar-refractivity contribution is 5.73. The lowest BCUT2D eigenvalue weighted by Gasteiger charge is -2.22. The zero-order valence-corrected chi connectivity index (χ0v) is 10.8. The van der Waals surface area contributed by atoms with Crippen LogP contribution in [-0.2, 0) is 9.53 Å². The van der Waals surface area contributed by atoms with Crippen molar-refractivity contribution in [1.82, 2.24) is 5.32 Å². The second kappa shape index (κ2) is 6.27. The zero-order valence-electron chi connectivity index (χ0n) is 10.8. The summed E-state index contributed by atoms with van der Waals surface area (Å²) in [5.74, 6) is -1.88. The average molecular weight is 243 g/mol. The van der Waals surface area contributed by atoms with E-state index in [1.165, 1.54) is 0 Å². The molecule has 0 aromatic carbocycles. The van der Waals surface area contributed by atoms with Gasteiger partial charge in [0.2, 0.25) is 0 Å². The summed E-state index contributed by atoms with van der Waals surface area (Å²) in [5, 5.41) is 11.4. The number of amides is 1. The molecule has 0 saturated heterocycles. The maximum absolute atomic E-state index is 11.3. The first-order chi connectivity index (χ1) is 7.67. The Balaban J connectivity index is 4.28. The van der Waals surface area contributed by atoms with Gasteiger partial charge in [0.25, 0.3) is 0 Å². The van der Waals surface area contributed by atoms with Crippen LogP contribution in [0.15, 0.2) is 12.7 Å². The predicted octanol–water partition coefficient (Wildman–Crippen LogP) is 2.03. The van der Waals surface area contributed by atoms with E-state index in [9.17, 15) is 9.59 Å². The van der Waals surface area contributed by atoms with Crippen LogP contribution in [0.1, 0.15) is 27.7 Å². The molecule has 0 aromatic heterocycles. The van der Waals surface area contributed by atoms with Crippen molar-refractivity contribution in [3.05, 3.63) is 12.7 Å². The Morgan fingerprint density at radius 1 is 1.47 bits per heavy atom. The van der Waals surface area contributed by atoms with Gasteiger partial charge in [0.15, 0.2) is 0 Å². The number of carbonyl (C=O) groups excluding carboxylic acids is 1. The fourth-order valence-electron chi connectivity index (χ4n) is 1.17. The van der Waals surface area contributed by atoms with Gasteiger partial charge < -0.3 is 15.2 Å². The molecule has 98 valence electrons. The van der Waals surface area contributed by atoms with Gasteiger partial charge in [0.1, 0.15) is 5.60 Å². The van der Waals surface area contributed by atoms with Crippen LogP contribution in [0.3, 0.4) is 0 Å². The lowest BCUT2D eigenvalue weighted by atomic mass is 9.94. The zero-order chi connectivity index (χ0) is 13.6. The molecule has 0 unspecified atom stereocenters. The SMILES string of the molecule is C=C[C@@H](C)[C@H](CNC(=O)OC(C)(C)C)C(=O)O. The fourth-order valence-corrected chi connectivity index (χ4v) is 1.17. The normalized spacial score (nSPS) is 14.6. The van der Waals surface area contributed by atoms with Crippen LogP contribution in [0.25, 0.3) is 0 Å². The summed E-state index contributed by atoms with van der Waals surface area (Å²) < 4.78 is 5.01. The van der Waals surface area contributed by atoms with Crippen molar-refractivity contribution < 1.29 is 19.4 Å². The van der Waals surface area contributed by atoms with E-state index < -0.39 is 23.6 Å². The van der Waals surface area contributed by atoms with Gasteiger partial charge in [-0.05, 0) is 26.7 Å². The molecule has 0 aromatic rings. The second-order valence-corrected chi connectivity index (χ2v) is 4.92. The molecule has 5 nitrogen and oxygen atoms in total. The number of alkyl carbamates (subject to hydrolysis) is 1. The molecule has 0 spiro atoms. The van der Waals surface area contributed by atoms with E-state index in [4.69, 9.17) is 9.84 Å². The van der Waals surface area contributed by atoms with E-state index in [0.717, 1.165) is 0 Å². The Morgan fingerprint density at radius 2 is 2.00 bits per heavy atom. The lowest BCUT2D eigenvalue weighted by Crippen LogP contribution is -2.38. The van der Waals surface area contributed by atoms with Crippen LogP contribution in [0.2, 0.25) is 0 Å². The van der Waals surface area contributed by atoms with Crippen LogP contribution in [0.4, 0.5) is 4.79 Å². The number of carboxylic acid groups (broad SMARTS) is 1. The van der Waals surface area contributed by atoms with Crippen molar-refractivity contribution in [1.29, 1.82) is 0 Å². The summed E-state index contributed by atoms with van der Waals surface area (Å²) in [7, 11) is 0. The second-order valence-electron chi connectivity index (χ2n) is 4.92. The van der Waals surface area contributed by atoms with Crippen molar-refractivity contribution in [2.75, 3.05) is 6.54 Å². The predicted molar refractivity (Wildman–Crippen MR) is 64.7 cm³/mol. The molecule has 0 fully saturated rings. The number of carbonyl (C=O) groups is 2. The van der Waals surface area contributed by atoms with Crippen LogP contribution in [0, 0.1) is 11.8 Å². The third-order valence-corrected chi connectivity index (χ3v) is 2.19. The first kappa shape index (κ1) is 15.5. The molecule has 0 saturated carbocycles. The van der Waals surface area contributed by atoms with Crippen molar-refractivity contribution in [3.63, 3.8) is 0 Å². The minimum absolute atomic E-state index is 0.0252. The van der Waals surface area contributed by atoms with Crippen molar-refractivity contribution in [2.24, 2.45) is 11.8 Å². The Labute approximate surface area is 102 Å². The van der Waals surface area contributed by atoms with Crippen LogP contribution in [0.5, 0.6) is 0 Å². The van der Waals surface area contributed by atoms with Crippen LogP contribution >= 0.6 is 0 Å². The van der Waals surface area contributed by atoms with Crippen molar-refractivity contribution in [3.8, 4) is 0 Å². The number of ether oxygens (including phenoxy) is 1. The van der Waals surface area contributed by atoms with E-state index in [1.807, 2.05) is 0 Å². The van der Waals surface area contributed by atoms with E-state index in [2.05, 4.69) is 11.9 Å². The molecular weight excluding hydrogens is 222 g/mol. The lowest BCUT2D eigenvalue weighted by molar-refractivity contribution is -0.142. The summed E-state index contributed by atoms with van der Waals surface area (Å²) in [6, 6.07) is 0. The first-order valence-electron chi connectivity index (χ1n) is 5.49. The van der Waals surface area contributed by atoms with Crippen LogP contribution < -0.4 is 5.32 Å². The summed E-state index contributed by atoms with van der Waals surface area (Å²) in [6.07, 6.45) is 0.940. The first-order valence-corrected chi connectivity index (χ1v) is 5.49. The number of allylic oxidation sites excluding steroid dienone is 1. The Hall–Kier alpha value is -1.52. The molecule has 2 atom stereocenters. The van der Waals surface area contributed by atoms with Gasteiger partial charge in [-0.1, -0.05) is 13.0 Å². The highest BCUT2D eigenvalue weighted by Crippen LogP contribution is 2.12. The van der Waals surface area contributed by atoms with E-state index in [0.29, 0.717) is 0 Å². The minimum Gasteiger partial charge on any atom is -0.481 e. The molecule has 5 heteroatoms. The van der Waals surface area contributed by atoms with E-state index >= 15 is 0 Å². The molecule has 0 aliphatic carbocycles. The highest BCUT2D eigenvalue weighted by Gasteiger charge is 2.24. The van der Waals surface area contributed by atoms with Gasteiger partial charge in [-0.15, -0.1) is 6.58 Å². The Morgan fingerprint density at radius 3 is 2.35 bits per heavy atom. The third-order valence-electron chi connectivity index (χ3n) is 2.19. The monoisotopic (exact) mass is 243 g/mol. The average Bonchev–Trinajstić information content (AvgIpc) is 2.14. The van der Waals surface area contributed by atoms with Crippen LogP contribution in [-0.4, -0.2) is 29.3 Å². The van der Waals surface area contributed by atoms with Gasteiger partial charge >= 0.3 is 12.1 Å². The molecule has 0 rings (SSSR count). The number of hydrogen-bond donors (Lipinski definition) is 2. The summed E-state index contributed by atoms with van der Waals surface area (Å²) in [5.41, 5.74) is -0.590. The summed E-state index contributed by atoms with van der Waals surface area (Å²) in [4.78, 5) is 22.3. The highest BCUT2D eigenvalue weighted by atomic mass is 16.6. The smallest absolute Gasteiger partial charge is 0.407 e. The standard InChI is InChI=1S/C12H21NO4/c1-6-8(2)9(10(14)15)7-13-11(16)17-12(3,4)5/h6,8-9H,1,7H2,2-5H3,(H,13,16)(H,14,15)/t8-,9+/m1/s1. The Bertz CT molecular complexity index is 293. The summed E-state index contributed by atoms with van der Waals surface area (Å²) in [6.45, 7) is 10.5. The number of hydrogen-bond acceptors (Lipinski definition) is 3. The van der Waals surface area contributed by atoms with E-state index in [1.54, 1.807) is 33.8 Å². The van der Waals surface area contributed by atoms with Gasteiger partial charge in [-0.25, -0.2) is 4.79 Å². The molecule has 0 bridgehead atoms. The number of nitrogens with one attached hydrogen (secondary N) is 1. The third kappa shape index (κ3) is 6.60.